The number of furan rings is 1. The van der Waals surface area contributed by atoms with Crippen LogP contribution in [0.2, 0.25) is 0 Å². The van der Waals surface area contributed by atoms with Crippen molar-refractivity contribution in [2.45, 2.75) is 33.1 Å². The van der Waals surface area contributed by atoms with Crippen LogP contribution in [-0.2, 0) is 0 Å². The molecule has 3 nitrogen and oxygen atoms in total. The Morgan fingerprint density at radius 1 is 1.27 bits per heavy atom. The van der Waals surface area contributed by atoms with Gasteiger partial charge in [0, 0.05) is 13.1 Å². The first-order chi connectivity index (χ1) is 7.18. The fourth-order valence-electron chi connectivity index (χ4n) is 2.11. The van der Waals surface area contributed by atoms with Crippen LogP contribution in [0, 0.1) is 13.8 Å². The van der Waals surface area contributed by atoms with Crippen molar-refractivity contribution in [2.24, 2.45) is 0 Å². The SMILES string of the molecule is Cc1cc(C(=O)N2CCCCC2)c(C)o1. The summed E-state index contributed by atoms with van der Waals surface area (Å²) in [5, 5.41) is 0. The van der Waals surface area contributed by atoms with Gasteiger partial charge in [0.05, 0.1) is 5.56 Å². The minimum absolute atomic E-state index is 0.129. The summed E-state index contributed by atoms with van der Waals surface area (Å²) in [5.41, 5.74) is 0.731. The Kier molecular flexibility index (Phi) is 2.80. The van der Waals surface area contributed by atoms with Crippen LogP contribution in [0.25, 0.3) is 0 Å². The van der Waals surface area contributed by atoms with E-state index in [2.05, 4.69) is 0 Å². The molecule has 0 aliphatic carbocycles. The summed E-state index contributed by atoms with van der Waals surface area (Å²) < 4.78 is 5.38. The molecule has 1 saturated heterocycles. The number of aryl methyl sites for hydroxylation is 2. The smallest absolute Gasteiger partial charge is 0.257 e. The molecule has 0 radical (unpaired) electrons. The zero-order valence-electron chi connectivity index (χ0n) is 9.38. The van der Waals surface area contributed by atoms with Crippen molar-refractivity contribution in [3.05, 3.63) is 23.2 Å². The first-order valence-electron chi connectivity index (χ1n) is 5.55. The van der Waals surface area contributed by atoms with E-state index in [0.717, 1.165) is 43.0 Å². The molecule has 0 aromatic carbocycles. The number of amides is 1. The number of carbonyl (C=O) groups is 1. The summed E-state index contributed by atoms with van der Waals surface area (Å²) in [6.07, 6.45) is 3.50. The molecule has 1 aromatic heterocycles. The lowest BCUT2D eigenvalue weighted by atomic mass is 10.1. The summed E-state index contributed by atoms with van der Waals surface area (Å²) in [5.74, 6) is 1.68. The molecule has 1 aliphatic rings. The Hall–Kier alpha value is -1.25. The average molecular weight is 207 g/mol. The van der Waals surface area contributed by atoms with Gasteiger partial charge < -0.3 is 9.32 Å². The van der Waals surface area contributed by atoms with E-state index in [-0.39, 0.29) is 5.91 Å². The Labute approximate surface area is 90.1 Å². The predicted molar refractivity (Wildman–Crippen MR) is 57.9 cm³/mol. The summed E-state index contributed by atoms with van der Waals surface area (Å²) in [6, 6.07) is 1.84. The highest BCUT2D eigenvalue weighted by Gasteiger charge is 2.21. The zero-order valence-corrected chi connectivity index (χ0v) is 9.38. The maximum atomic E-state index is 12.1. The van der Waals surface area contributed by atoms with Crippen molar-refractivity contribution >= 4 is 5.91 Å². The molecule has 1 aliphatic heterocycles. The van der Waals surface area contributed by atoms with E-state index < -0.39 is 0 Å². The maximum Gasteiger partial charge on any atom is 0.257 e. The molecule has 1 amide bonds. The molecular formula is C12H17NO2. The molecule has 2 rings (SSSR count). The van der Waals surface area contributed by atoms with Crippen LogP contribution in [0.1, 0.15) is 41.1 Å². The average Bonchev–Trinajstić information content (AvgIpc) is 2.58. The van der Waals surface area contributed by atoms with Crippen LogP contribution in [0.5, 0.6) is 0 Å². The highest BCUT2D eigenvalue weighted by atomic mass is 16.3. The van der Waals surface area contributed by atoms with Crippen molar-refractivity contribution in [2.75, 3.05) is 13.1 Å². The monoisotopic (exact) mass is 207 g/mol. The summed E-state index contributed by atoms with van der Waals surface area (Å²) in [4.78, 5) is 14.0. The topological polar surface area (TPSA) is 33.5 Å². The van der Waals surface area contributed by atoms with Gasteiger partial charge in [0.1, 0.15) is 11.5 Å². The van der Waals surface area contributed by atoms with E-state index in [1.165, 1.54) is 6.42 Å². The molecule has 0 bridgehead atoms. The van der Waals surface area contributed by atoms with Crippen molar-refractivity contribution < 1.29 is 9.21 Å². The van der Waals surface area contributed by atoms with E-state index in [1.807, 2.05) is 24.8 Å². The zero-order chi connectivity index (χ0) is 10.8. The Bertz CT molecular complexity index is 362. The molecule has 15 heavy (non-hydrogen) atoms. The molecule has 1 aromatic rings. The second-order valence-electron chi connectivity index (χ2n) is 4.18. The molecule has 3 heteroatoms. The van der Waals surface area contributed by atoms with E-state index in [4.69, 9.17) is 4.42 Å². The highest BCUT2D eigenvalue weighted by molar-refractivity contribution is 5.95. The van der Waals surface area contributed by atoms with Gasteiger partial charge in [-0.05, 0) is 39.2 Å². The van der Waals surface area contributed by atoms with Gasteiger partial charge in [0.25, 0.3) is 5.91 Å². The number of nitrogens with zero attached hydrogens (tertiary/aromatic N) is 1. The molecular weight excluding hydrogens is 190 g/mol. The Morgan fingerprint density at radius 2 is 1.93 bits per heavy atom. The normalized spacial score (nSPS) is 16.8. The molecule has 0 saturated carbocycles. The van der Waals surface area contributed by atoms with E-state index >= 15 is 0 Å². The first kappa shape index (κ1) is 10.3. The minimum atomic E-state index is 0.129. The standard InChI is InChI=1S/C12H17NO2/c1-9-8-11(10(2)15-9)12(14)13-6-4-3-5-7-13/h8H,3-7H2,1-2H3. The van der Waals surface area contributed by atoms with Gasteiger partial charge in [-0.1, -0.05) is 0 Å². The Morgan fingerprint density at radius 3 is 2.47 bits per heavy atom. The van der Waals surface area contributed by atoms with Crippen molar-refractivity contribution in [3.63, 3.8) is 0 Å². The number of rotatable bonds is 1. The lowest BCUT2D eigenvalue weighted by Gasteiger charge is -2.26. The molecule has 1 fully saturated rings. The van der Waals surface area contributed by atoms with Crippen molar-refractivity contribution in [1.29, 1.82) is 0 Å². The lowest BCUT2D eigenvalue weighted by Crippen LogP contribution is -2.35. The fourth-order valence-corrected chi connectivity index (χ4v) is 2.11. The maximum absolute atomic E-state index is 12.1. The molecule has 0 spiro atoms. The van der Waals surface area contributed by atoms with Crippen LogP contribution in [0.4, 0.5) is 0 Å². The van der Waals surface area contributed by atoms with Gasteiger partial charge in [0.2, 0.25) is 0 Å². The third kappa shape index (κ3) is 2.06. The molecule has 0 atom stereocenters. The van der Waals surface area contributed by atoms with Crippen LogP contribution in [-0.4, -0.2) is 23.9 Å². The predicted octanol–water partition coefficient (Wildman–Crippen LogP) is 2.52. The second-order valence-corrected chi connectivity index (χ2v) is 4.18. The van der Waals surface area contributed by atoms with Crippen molar-refractivity contribution in [1.82, 2.24) is 4.90 Å². The van der Waals surface area contributed by atoms with Crippen LogP contribution < -0.4 is 0 Å². The lowest BCUT2D eigenvalue weighted by molar-refractivity contribution is 0.0722. The van der Waals surface area contributed by atoms with E-state index in [1.54, 1.807) is 0 Å². The summed E-state index contributed by atoms with van der Waals surface area (Å²) >= 11 is 0. The van der Waals surface area contributed by atoms with Gasteiger partial charge in [-0.15, -0.1) is 0 Å². The third-order valence-electron chi connectivity index (χ3n) is 2.91. The quantitative estimate of drug-likeness (QED) is 0.709. The Balaban J connectivity index is 2.16. The van der Waals surface area contributed by atoms with E-state index in [0.29, 0.717) is 0 Å². The number of likely N-dealkylation sites (tertiary alicyclic amines) is 1. The number of hydrogen-bond acceptors (Lipinski definition) is 2. The third-order valence-corrected chi connectivity index (χ3v) is 2.91. The van der Waals surface area contributed by atoms with Gasteiger partial charge in [0.15, 0.2) is 0 Å². The van der Waals surface area contributed by atoms with Gasteiger partial charge in [-0.2, -0.15) is 0 Å². The first-order valence-corrected chi connectivity index (χ1v) is 5.55. The number of piperidine rings is 1. The van der Waals surface area contributed by atoms with Crippen molar-refractivity contribution in [3.8, 4) is 0 Å². The van der Waals surface area contributed by atoms with Gasteiger partial charge in [-0.3, -0.25) is 4.79 Å². The summed E-state index contributed by atoms with van der Waals surface area (Å²) in [6.45, 7) is 5.51. The second kappa shape index (κ2) is 4.09. The van der Waals surface area contributed by atoms with E-state index in [9.17, 15) is 4.79 Å². The summed E-state index contributed by atoms with van der Waals surface area (Å²) in [7, 11) is 0. The fraction of sp³-hybridized carbons (Fsp3) is 0.583. The van der Waals surface area contributed by atoms with Crippen LogP contribution >= 0.6 is 0 Å². The van der Waals surface area contributed by atoms with Gasteiger partial charge in [-0.25, -0.2) is 0 Å². The van der Waals surface area contributed by atoms with Crippen LogP contribution in [0.15, 0.2) is 10.5 Å². The number of hydrogen-bond donors (Lipinski definition) is 0. The minimum Gasteiger partial charge on any atom is -0.466 e. The largest absolute Gasteiger partial charge is 0.466 e. The highest BCUT2D eigenvalue weighted by Crippen LogP contribution is 2.18. The molecule has 0 N–H and O–H groups in total. The molecule has 2 heterocycles. The van der Waals surface area contributed by atoms with Crippen LogP contribution in [0.3, 0.4) is 0 Å². The van der Waals surface area contributed by atoms with Gasteiger partial charge >= 0.3 is 0 Å². The molecule has 82 valence electrons. The number of carbonyl (C=O) groups excluding carboxylic acids is 1. The molecule has 0 unspecified atom stereocenters.